The van der Waals surface area contributed by atoms with Crippen molar-refractivity contribution in [3.05, 3.63) is 55.3 Å². The SMILES string of the molecule is Cc1nn(Cc2ccc(Br)c([N+](=O)[O-])c2)cc1Cl. The molecule has 94 valence electrons. The van der Waals surface area contributed by atoms with Gasteiger partial charge in [0.2, 0.25) is 0 Å². The van der Waals surface area contributed by atoms with Crippen LogP contribution in [-0.4, -0.2) is 14.7 Å². The molecule has 0 saturated carbocycles. The molecule has 0 aliphatic rings. The van der Waals surface area contributed by atoms with Gasteiger partial charge in [-0.05, 0) is 34.5 Å². The molecular weight excluding hydrogens is 321 g/mol. The Bertz CT molecular complexity index is 593. The molecule has 18 heavy (non-hydrogen) atoms. The van der Waals surface area contributed by atoms with E-state index in [1.165, 1.54) is 6.07 Å². The van der Waals surface area contributed by atoms with E-state index in [-0.39, 0.29) is 5.69 Å². The lowest BCUT2D eigenvalue weighted by Gasteiger charge is -2.03. The molecule has 0 spiro atoms. The highest BCUT2D eigenvalue weighted by Gasteiger charge is 2.12. The second-order valence-corrected chi connectivity index (χ2v) is 5.06. The molecule has 0 unspecified atom stereocenters. The molecule has 2 rings (SSSR count). The summed E-state index contributed by atoms with van der Waals surface area (Å²) in [6.45, 7) is 2.25. The number of rotatable bonds is 3. The van der Waals surface area contributed by atoms with E-state index in [0.29, 0.717) is 16.0 Å². The highest BCUT2D eigenvalue weighted by molar-refractivity contribution is 9.10. The summed E-state index contributed by atoms with van der Waals surface area (Å²) in [6.07, 6.45) is 1.70. The van der Waals surface area contributed by atoms with Crippen molar-refractivity contribution in [2.75, 3.05) is 0 Å². The first-order valence-electron chi connectivity index (χ1n) is 5.10. The number of benzene rings is 1. The van der Waals surface area contributed by atoms with Gasteiger partial charge in [-0.25, -0.2) is 0 Å². The van der Waals surface area contributed by atoms with E-state index in [2.05, 4.69) is 21.0 Å². The summed E-state index contributed by atoms with van der Waals surface area (Å²) >= 11 is 9.05. The first-order chi connectivity index (χ1) is 8.47. The molecule has 1 aromatic carbocycles. The van der Waals surface area contributed by atoms with Crippen molar-refractivity contribution in [1.29, 1.82) is 0 Å². The van der Waals surface area contributed by atoms with Crippen LogP contribution >= 0.6 is 27.5 Å². The maximum Gasteiger partial charge on any atom is 0.283 e. The lowest BCUT2D eigenvalue weighted by molar-refractivity contribution is -0.385. The fourth-order valence-electron chi connectivity index (χ4n) is 1.56. The average Bonchev–Trinajstić information content (AvgIpc) is 2.60. The molecule has 0 aliphatic carbocycles. The zero-order chi connectivity index (χ0) is 13.3. The molecule has 5 nitrogen and oxygen atoms in total. The lowest BCUT2D eigenvalue weighted by Crippen LogP contribution is -2.01. The molecule has 0 saturated heterocycles. The van der Waals surface area contributed by atoms with Gasteiger partial charge < -0.3 is 0 Å². The summed E-state index contributed by atoms with van der Waals surface area (Å²) < 4.78 is 2.12. The summed E-state index contributed by atoms with van der Waals surface area (Å²) in [6, 6.07) is 4.99. The van der Waals surface area contributed by atoms with Crippen LogP contribution in [0, 0.1) is 17.0 Å². The quantitative estimate of drug-likeness (QED) is 0.638. The van der Waals surface area contributed by atoms with Crippen molar-refractivity contribution in [2.24, 2.45) is 0 Å². The van der Waals surface area contributed by atoms with Gasteiger partial charge in [-0.3, -0.25) is 14.8 Å². The number of aromatic nitrogens is 2. The molecule has 0 radical (unpaired) electrons. The third-order valence-electron chi connectivity index (χ3n) is 2.44. The first kappa shape index (κ1) is 13.0. The van der Waals surface area contributed by atoms with Crippen LogP contribution in [0.15, 0.2) is 28.9 Å². The van der Waals surface area contributed by atoms with Gasteiger partial charge in [0, 0.05) is 12.3 Å². The highest BCUT2D eigenvalue weighted by Crippen LogP contribution is 2.26. The number of nitrogens with zero attached hydrogens (tertiary/aromatic N) is 3. The number of halogens is 2. The summed E-state index contributed by atoms with van der Waals surface area (Å²) in [4.78, 5) is 10.4. The average molecular weight is 331 g/mol. The van der Waals surface area contributed by atoms with Crippen molar-refractivity contribution in [3.63, 3.8) is 0 Å². The zero-order valence-electron chi connectivity index (χ0n) is 9.43. The van der Waals surface area contributed by atoms with Crippen molar-refractivity contribution in [3.8, 4) is 0 Å². The second-order valence-electron chi connectivity index (χ2n) is 3.80. The van der Waals surface area contributed by atoms with Gasteiger partial charge >= 0.3 is 0 Å². The van der Waals surface area contributed by atoms with Crippen molar-refractivity contribution in [1.82, 2.24) is 9.78 Å². The van der Waals surface area contributed by atoms with Crippen molar-refractivity contribution >= 4 is 33.2 Å². The highest BCUT2D eigenvalue weighted by atomic mass is 79.9. The van der Waals surface area contributed by atoms with E-state index in [4.69, 9.17) is 11.6 Å². The van der Waals surface area contributed by atoms with Crippen LogP contribution in [0.25, 0.3) is 0 Å². The van der Waals surface area contributed by atoms with Crippen molar-refractivity contribution < 1.29 is 4.92 Å². The Morgan fingerprint density at radius 2 is 2.28 bits per heavy atom. The molecular formula is C11H9BrClN3O2. The van der Waals surface area contributed by atoms with E-state index in [1.807, 2.05) is 13.0 Å². The van der Waals surface area contributed by atoms with Crippen LogP contribution in [0.3, 0.4) is 0 Å². The van der Waals surface area contributed by atoms with E-state index >= 15 is 0 Å². The van der Waals surface area contributed by atoms with Crippen LogP contribution in [0.2, 0.25) is 5.02 Å². The Morgan fingerprint density at radius 1 is 1.56 bits per heavy atom. The fraction of sp³-hybridized carbons (Fsp3) is 0.182. The van der Waals surface area contributed by atoms with Crippen molar-refractivity contribution in [2.45, 2.75) is 13.5 Å². The van der Waals surface area contributed by atoms with Gasteiger partial charge in [0.15, 0.2) is 0 Å². The minimum atomic E-state index is -0.422. The van der Waals surface area contributed by atoms with Gasteiger partial charge in [0.1, 0.15) is 0 Å². The Morgan fingerprint density at radius 3 is 2.83 bits per heavy atom. The minimum Gasteiger partial charge on any atom is -0.267 e. The Kier molecular flexibility index (Phi) is 3.68. The van der Waals surface area contributed by atoms with Gasteiger partial charge in [0.05, 0.1) is 26.7 Å². The summed E-state index contributed by atoms with van der Waals surface area (Å²) in [7, 11) is 0. The third kappa shape index (κ3) is 2.70. The van der Waals surface area contributed by atoms with E-state index in [0.717, 1.165) is 11.3 Å². The Balaban J connectivity index is 2.29. The number of aryl methyl sites for hydroxylation is 1. The summed E-state index contributed by atoms with van der Waals surface area (Å²) in [5, 5.41) is 15.6. The number of hydrogen-bond donors (Lipinski definition) is 0. The van der Waals surface area contributed by atoms with Crippen LogP contribution in [-0.2, 0) is 6.54 Å². The first-order valence-corrected chi connectivity index (χ1v) is 6.27. The third-order valence-corrected chi connectivity index (χ3v) is 3.48. The normalized spacial score (nSPS) is 10.6. The van der Waals surface area contributed by atoms with Crippen LogP contribution in [0.4, 0.5) is 5.69 Å². The lowest BCUT2D eigenvalue weighted by atomic mass is 10.2. The minimum absolute atomic E-state index is 0.0440. The molecule has 0 aliphatic heterocycles. The molecule has 1 aromatic heterocycles. The summed E-state index contributed by atoms with van der Waals surface area (Å²) in [5.41, 5.74) is 1.58. The predicted molar refractivity (Wildman–Crippen MR) is 71.9 cm³/mol. The van der Waals surface area contributed by atoms with Crippen LogP contribution < -0.4 is 0 Å². The maximum absolute atomic E-state index is 10.8. The Hall–Kier alpha value is -1.40. The van der Waals surface area contributed by atoms with Gasteiger partial charge in [-0.2, -0.15) is 5.10 Å². The number of nitro groups is 1. The standard InChI is InChI=1S/C11H9BrClN3O2/c1-7-10(13)6-15(14-7)5-8-2-3-9(12)11(4-8)16(17)18/h2-4,6H,5H2,1H3. The Labute approximate surface area is 117 Å². The van der Waals surface area contributed by atoms with E-state index in [9.17, 15) is 10.1 Å². The van der Waals surface area contributed by atoms with E-state index in [1.54, 1.807) is 16.9 Å². The molecule has 1 heterocycles. The molecule has 0 atom stereocenters. The van der Waals surface area contributed by atoms with Gasteiger partial charge in [-0.1, -0.05) is 17.7 Å². The predicted octanol–water partition coefficient (Wildman–Crippen LogP) is 3.56. The summed E-state index contributed by atoms with van der Waals surface area (Å²) in [5.74, 6) is 0. The fourth-order valence-corrected chi connectivity index (χ4v) is 2.10. The zero-order valence-corrected chi connectivity index (χ0v) is 11.8. The molecule has 0 fully saturated rings. The van der Waals surface area contributed by atoms with Gasteiger partial charge in [-0.15, -0.1) is 0 Å². The molecule has 7 heteroatoms. The largest absolute Gasteiger partial charge is 0.283 e. The maximum atomic E-state index is 10.8. The van der Waals surface area contributed by atoms with Crippen LogP contribution in [0.5, 0.6) is 0 Å². The topological polar surface area (TPSA) is 61.0 Å². The number of nitro benzene ring substituents is 1. The molecule has 0 amide bonds. The second kappa shape index (κ2) is 5.07. The smallest absolute Gasteiger partial charge is 0.267 e. The van der Waals surface area contributed by atoms with Crippen LogP contribution in [0.1, 0.15) is 11.3 Å². The monoisotopic (exact) mass is 329 g/mol. The molecule has 0 bridgehead atoms. The molecule has 0 N–H and O–H groups in total. The molecule has 2 aromatic rings. The van der Waals surface area contributed by atoms with Gasteiger partial charge in [0.25, 0.3) is 5.69 Å². The van der Waals surface area contributed by atoms with E-state index < -0.39 is 4.92 Å². The number of hydrogen-bond acceptors (Lipinski definition) is 3.